The molecule has 27 heavy (non-hydrogen) atoms. The van der Waals surface area contributed by atoms with Crippen molar-refractivity contribution in [2.45, 2.75) is 25.4 Å². The number of piperazine rings is 1. The molecule has 0 radical (unpaired) electrons. The van der Waals surface area contributed by atoms with Crippen LogP contribution in [0.3, 0.4) is 0 Å². The first kappa shape index (κ1) is 18.3. The highest BCUT2D eigenvalue weighted by molar-refractivity contribution is 5.58. The van der Waals surface area contributed by atoms with E-state index in [1.807, 2.05) is 18.3 Å². The van der Waals surface area contributed by atoms with Crippen LogP contribution in [0.2, 0.25) is 0 Å². The SMILES string of the molecule is COc1ccccc1N1CCN(C2CCN(Cc3ccccn3)CC2)CC1. The Morgan fingerprint density at radius 1 is 0.926 bits per heavy atom. The highest BCUT2D eigenvalue weighted by atomic mass is 16.5. The number of likely N-dealkylation sites (tertiary alicyclic amines) is 1. The molecule has 3 heterocycles. The number of methoxy groups -OCH3 is 1. The van der Waals surface area contributed by atoms with Crippen molar-refractivity contribution < 1.29 is 4.74 Å². The van der Waals surface area contributed by atoms with Crippen LogP contribution in [-0.4, -0.2) is 67.2 Å². The van der Waals surface area contributed by atoms with Crippen LogP contribution >= 0.6 is 0 Å². The van der Waals surface area contributed by atoms with Gasteiger partial charge in [-0.15, -0.1) is 0 Å². The van der Waals surface area contributed by atoms with Crippen molar-refractivity contribution >= 4 is 5.69 Å². The van der Waals surface area contributed by atoms with Crippen LogP contribution in [0.5, 0.6) is 5.75 Å². The van der Waals surface area contributed by atoms with Crippen LogP contribution in [0.1, 0.15) is 18.5 Å². The average molecular weight is 367 g/mol. The van der Waals surface area contributed by atoms with E-state index in [1.54, 1.807) is 7.11 Å². The standard InChI is InChI=1S/C22H30N4O/c1-27-22-8-3-2-7-21(22)26-16-14-25(15-17-26)20-9-12-24(13-10-20)18-19-6-4-5-11-23-19/h2-8,11,20H,9-10,12-18H2,1H3. The fraction of sp³-hybridized carbons (Fsp3) is 0.500. The summed E-state index contributed by atoms with van der Waals surface area (Å²) in [5, 5.41) is 0. The van der Waals surface area contributed by atoms with E-state index in [-0.39, 0.29) is 0 Å². The Kier molecular flexibility index (Phi) is 5.90. The molecular formula is C22H30N4O. The predicted octanol–water partition coefficient (Wildman–Crippen LogP) is 2.88. The molecule has 0 amide bonds. The molecule has 144 valence electrons. The Bertz CT molecular complexity index is 707. The van der Waals surface area contributed by atoms with Gasteiger partial charge in [0.15, 0.2) is 0 Å². The zero-order valence-electron chi connectivity index (χ0n) is 16.3. The first-order valence-corrected chi connectivity index (χ1v) is 10.1. The van der Waals surface area contributed by atoms with E-state index in [0.29, 0.717) is 0 Å². The van der Waals surface area contributed by atoms with Gasteiger partial charge in [-0.25, -0.2) is 0 Å². The van der Waals surface area contributed by atoms with Gasteiger partial charge in [0.25, 0.3) is 0 Å². The van der Waals surface area contributed by atoms with Gasteiger partial charge in [-0.05, 0) is 37.1 Å². The lowest BCUT2D eigenvalue weighted by molar-refractivity contribution is 0.0991. The lowest BCUT2D eigenvalue weighted by atomic mass is 10.0. The number of hydrogen-bond donors (Lipinski definition) is 0. The molecule has 0 saturated carbocycles. The van der Waals surface area contributed by atoms with E-state index in [9.17, 15) is 0 Å². The lowest BCUT2D eigenvalue weighted by Crippen LogP contribution is -2.53. The summed E-state index contributed by atoms with van der Waals surface area (Å²) in [6.07, 6.45) is 4.42. The molecule has 1 aromatic carbocycles. The second-order valence-corrected chi connectivity index (χ2v) is 7.52. The van der Waals surface area contributed by atoms with Gasteiger partial charge in [0, 0.05) is 58.1 Å². The molecule has 2 aliphatic rings. The van der Waals surface area contributed by atoms with Crippen LogP contribution < -0.4 is 9.64 Å². The van der Waals surface area contributed by atoms with Gasteiger partial charge >= 0.3 is 0 Å². The summed E-state index contributed by atoms with van der Waals surface area (Å²) in [7, 11) is 1.76. The zero-order chi connectivity index (χ0) is 18.5. The van der Waals surface area contributed by atoms with Crippen molar-refractivity contribution in [2.24, 2.45) is 0 Å². The Hall–Kier alpha value is -2.11. The molecule has 5 nitrogen and oxygen atoms in total. The van der Waals surface area contributed by atoms with Crippen LogP contribution in [0.4, 0.5) is 5.69 Å². The average Bonchev–Trinajstić information content (AvgIpc) is 2.75. The van der Waals surface area contributed by atoms with E-state index in [0.717, 1.165) is 44.5 Å². The van der Waals surface area contributed by atoms with Gasteiger partial charge < -0.3 is 9.64 Å². The normalized spacial score (nSPS) is 20.0. The highest BCUT2D eigenvalue weighted by Gasteiger charge is 2.28. The number of anilines is 1. The molecule has 0 bridgehead atoms. The third kappa shape index (κ3) is 4.42. The topological polar surface area (TPSA) is 31.8 Å². The van der Waals surface area contributed by atoms with Gasteiger partial charge in [0.2, 0.25) is 0 Å². The number of para-hydroxylation sites is 2. The summed E-state index contributed by atoms with van der Waals surface area (Å²) >= 11 is 0. The van der Waals surface area contributed by atoms with Gasteiger partial charge in [0.1, 0.15) is 5.75 Å². The van der Waals surface area contributed by atoms with Crippen molar-refractivity contribution in [3.05, 3.63) is 54.4 Å². The third-order valence-electron chi connectivity index (χ3n) is 5.93. The zero-order valence-corrected chi connectivity index (χ0v) is 16.3. The summed E-state index contributed by atoms with van der Waals surface area (Å²) in [6.45, 7) is 7.77. The van der Waals surface area contributed by atoms with Gasteiger partial charge in [-0.3, -0.25) is 14.8 Å². The monoisotopic (exact) mass is 366 g/mol. The van der Waals surface area contributed by atoms with Crippen molar-refractivity contribution in [3.8, 4) is 5.75 Å². The molecule has 2 fully saturated rings. The van der Waals surface area contributed by atoms with Crippen LogP contribution in [-0.2, 0) is 6.54 Å². The predicted molar refractivity (Wildman–Crippen MR) is 109 cm³/mol. The molecule has 2 aromatic rings. The lowest BCUT2D eigenvalue weighted by Gasteiger charge is -2.43. The minimum Gasteiger partial charge on any atom is -0.495 e. The number of nitrogens with zero attached hydrogens (tertiary/aromatic N) is 4. The largest absolute Gasteiger partial charge is 0.495 e. The summed E-state index contributed by atoms with van der Waals surface area (Å²) < 4.78 is 5.54. The van der Waals surface area contributed by atoms with Crippen molar-refractivity contribution in [2.75, 3.05) is 51.3 Å². The Labute approximate surface area is 162 Å². The molecule has 0 aliphatic carbocycles. The maximum atomic E-state index is 5.54. The van der Waals surface area contributed by atoms with E-state index in [4.69, 9.17) is 4.74 Å². The first-order valence-electron chi connectivity index (χ1n) is 10.1. The molecule has 4 rings (SSSR count). The van der Waals surface area contributed by atoms with E-state index >= 15 is 0 Å². The van der Waals surface area contributed by atoms with E-state index in [2.05, 4.69) is 50.0 Å². The third-order valence-corrected chi connectivity index (χ3v) is 5.93. The number of pyridine rings is 1. The summed E-state index contributed by atoms with van der Waals surface area (Å²) in [5.74, 6) is 0.980. The number of hydrogen-bond acceptors (Lipinski definition) is 5. The van der Waals surface area contributed by atoms with E-state index < -0.39 is 0 Å². The number of piperidine rings is 1. The van der Waals surface area contributed by atoms with Crippen molar-refractivity contribution in [3.63, 3.8) is 0 Å². The molecule has 5 heteroatoms. The Balaban J connectivity index is 1.26. The maximum Gasteiger partial charge on any atom is 0.142 e. The quantitative estimate of drug-likeness (QED) is 0.812. The number of rotatable bonds is 5. The van der Waals surface area contributed by atoms with Crippen LogP contribution in [0, 0.1) is 0 Å². The fourth-order valence-electron chi connectivity index (χ4n) is 4.38. The Morgan fingerprint density at radius 3 is 2.37 bits per heavy atom. The molecular weight excluding hydrogens is 336 g/mol. The number of ether oxygens (including phenoxy) is 1. The smallest absolute Gasteiger partial charge is 0.142 e. The minimum absolute atomic E-state index is 0.727. The van der Waals surface area contributed by atoms with Gasteiger partial charge in [0.05, 0.1) is 18.5 Å². The molecule has 0 N–H and O–H groups in total. The molecule has 0 unspecified atom stereocenters. The minimum atomic E-state index is 0.727. The first-order chi connectivity index (χ1) is 13.3. The van der Waals surface area contributed by atoms with Crippen LogP contribution in [0.25, 0.3) is 0 Å². The molecule has 1 aromatic heterocycles. The number of aromatic nitrogens is 1. The fourth-order valence-corrected chi connectivity index (χ4v) is 4.38. The van der Waals surface area contributed by atoms with Gasteiger partial charge in [-0.2, -0.15) is 0 Å². The maximum absolute atomic E-state index is 5.54. The second-order valence-electron chi connectivity index (χ2n) is 7.52. The molecule has 2 saturated heterocycles. The summed E-state index contributed by atoms with van der Waals surface area (Å²) in [5.41, 5.74) is 2.41. The Morgan fingerprint density at radius 2 is 1.67 bits per heavy atom. The van der Waals surface area contributed by atoms with E-state index in [1.165, 1.54) is 37.3 Å². The molecule has 0 spiro atoms. The van der Waals surface area contributed by atoms with Crippen molar-refractivity contribution in [1.82, 2.24) is 14.8 Å². The summed E-state index contributed by atoms with van der Waals surface area (Å²) in [6, 6.07) is 15.3. The summed E-state index contributed by atoms with van der Waals surface area (Å²) in [4.78, 5) is 12.2. The molecule has 0 atom stereocenters. The van der Waals surface area contributed by atoms with Gasteiger partial charge in [-0.1, -0.05) is 18.2 Å². The molecule has 2 aliphatic heterocycles. The van der Waals surface area contributed by atoms with Crippen molar-refractivity contribution in [1.29, 1.82) is 0 Å². The van der Waals surface area contributed by atoms with Crippen LogP contribution in [0.15, 0.2) is 48.7 Å². The highest BCUT2D eigenvalue weighted by Crippen LogP contribution is 2.29. The number of benzene rings is 1. The second kappa shape index (κ2) is 8.72.